The first kappa shape index (κ1) is 14.2. The van der Waals surface area contributed by atoms with E-state index in [0.29, 0.717) is 6.04 Å². The largest absolute Gasteiger partial charge is 0.495 e. The van der Waals surface area contributed by atoms with Crippen LogP contribution in [0.3, 0.4) is 0 Å². The number of ether oxygens (including phenoxy) is 1. The van der Waals surface area contributed by atoms with Gasteiger partial charge in [0.05, 0.1) is 12.8 Å². The van der Waals surface area contributed by atoms with Gasteiger partial charge < -0.3 is 15.4 Å². The maximum absolute atomic E-state index is 5.70. The van der Waals surface area contributed by atoms with Crippen molar-refractivity contribution < 1.29 is 4.74 Å². The molecule has 2 N–H and O–H groups in total. The van der Waals surface area contributed by atoms with E-state index in [2.05, 4.69) is 17.0 Å². The Morgan fingerprint density at radius 2 is 1.95 bits per heavy atom. The average molecular weight is 262 g/mol. The molecule has 1 aliphatic rings. The van der Waals surface area contributed by atoms with Crippen molar-refractivity contribution in [3.63, 3.8) is 0 Å². The lowest BCUT2D eigenvalue weighted by Crippen LogP contribution is -2.38. The summed E-state index contributed by atoms with van der Waals surface area (Å²) in [5, 5.41) is 0. The van der Waals surface area contributed by atoms with E-state index in [1.807, 2.05) is 12.1 Å². The van der Waals surface area contributed by atoms with Gasteiger partial charge >= 0.3 is 0 Å². The van der Waals surface area contributed by atoms with Gasteiger partial charge in [0.1, 0.15) is 5.75 Å². The summed E-state index contributed by atoms with van der Waals surface area (Å²) in [5.41, 5.74) is 6.92. The summed E-state index contributed by atoms with van der Waals surface area (Å²) in [6.45, 7) is 1.78. The van der Waals surface area contributed by atoms with Gasteiger partial charge in [-0.2, -0.15) is 0 Å². The third kappa shape index (κ3) is 3.63. The number of methoxy groups -OCH3 is 1. The van der Waals surface area contributed by atoms with Crippen LogP contribution >= 0.6 is 0 Å². The summed E-state index contributed by atoms with van der Waals surface area (Å²) in [6, 6.07) is 8.99. The number of nitrogens with two attached hydrogens (primary N) is 1. The molecule has 0 amide bonds. The number of benzene rings is 1. The molecule has 0 aliphatic heterocycles. The lowest BCUT2D eigenvalue weighted by atomic mass is 9.93. The van der Waals surface area contributed by atoms with E-state index in [-0.39, 0.29) is 0 Å². The molecule has 0 unspecified atom stereocenters. The lowest BCUT2D eigenvalue weighted by molar-refractivity contribution is 0.393. The number of nitrogens with zero attached hydrogens (tertiary/aromatic N) is 1. The number of anilines is 1. The van der Waals surface area contributed by atoms with Crippen LogP contribution in [0.5, 0.6) is 5.75 Å². The smallest absolute Gasteiger partial charge is 0.142 e. The van der Waals surface area contributed by atoms with E-state index in [4.69, 9.17) is 10.5 Å². The second-order valence-electron chi connectivity index (χ2n) is 5.30. The van der Waals surface area contributed by atoms with E-state index < -0.39 is 0 Å². The van der Waals surface area contributed by atoms with Gasteiger partial charge in [0.15, 0.2) is 0 Å². The van der Waals surface area contributed by atoms with Gasteiger partial charge in [0.25, 0.3) is 0 Å². The van der Waals surface area contributed by atoms with Crippen molar-refractivity contribution in [3.05, 3.63) is 24.3 Å². The molecule has 1 aliphatic carbocycles. The molecule has 0 aromatic heterocycles. The van der Waals surface area contributed by atoms with Crippen LogP contribution in [0.15, 0.2) is 24.3 Å². The fraction of sp³-hybridized carbons (Fsp3) is 0.625. The summed E-state index contributed by atoms with van der Waals surface area (Å²) < 4.78 is 5.52. The Morgan fingerprint density at radius 3 is 2.63 bits per heavy atom. The average Bonchev–Trinajstić information content (AvgIpc) is 2.49. The van der Waals surface area contributed by atoms with E-state index >= 15 is 0 Å². The molecule has 1 aromatic carbocycles. The molecule has 1 saturated carbocycles. The first-order valence-electron chi connectivity index (χ1n) is 7.46. The van der Waals surface area contributed by atoms with Crippen LogP contribution in [0, 0.1) is 0 Å². The van der Waals surface area contributed by atoms with Crippen LogP contribution in [0.2, 0.25) is 0 Å². The van der Waals surface area contributed by atoms with Crippen LogP contribution in [0.25, 0.3) is 0 Å². The van der Waals surface area contributed by atoms with Gasteiger partial charge in [-0.1, -0.05) is 31.4 Å². The molecule has 2 rings (SSSR count). The highest BCUT2D eigenvalue weighted by Gasteiger charge is 2.22. The van der Waals surface area contributed by atoms with Gasteiger partial charge in [0.2, 0.25) is 0 Å². The monoisotopic (exact) mass is 262 g/mol. The number of hydrogen-bond acceptors (Lipinski definition) is 3. The van der Waals surface area contributed by atoms with E-state index in [9.17, 15) is 0 Å². The fourth-order valence-corrected chi connectivity index (χ4v) is 3.02. The molecule has 19 heavy (non-hydrogen) atoms. The Morgan fingerprint density at radius 1 is 1.21 bits per heavy atom. The Labute approximate surface area is 116 Å². The summed E-state index contributed by atoms with van der Waals surface area (Å²) in [7, 11) is 1.75. The zero-order valence-electron chi connectivity index (χ0n) is 12.0. The molecule has 0 saturated heterocycles. The lowest BCUT2D eigenvalue weighted by Gasteiger charge is -2.37. The molecule has 3 heteroatoms. The second kappa shape index (κ2) is 7.39. The summed E-state index contributed by atoms with van der Waals surface area (Å²) >= 11 is 0. The van der Waals surface area contributed by atoms with Crippen LogP contribution in [-0.2, 0) is 0 Å². The molecule has 0 spiro atoms. The number of rotatable bonds is 6. The molecule has 106 valence electrons. The molecule has 0 heterocycles. The molecule has 0 radical (unpaired) electrons. The molecular weight excluding hydrogens is 236 g/mol. The Balaban J connectivity index is 2.19. The standard InChI is InChI=1S/C16H26N2O/c1-19-16-11-6-5-10-15(16)18(13-7-12-17)14-8-3-2-4-9-14/h5-6,10-11,14H,2-4,7-9,12-13,17H2,1H3. The van der Waals surface area contributed by atoms with Gasteiger partial charge in [-0.25, -0.2) is 0 Å². The summed E-state index contributed by atoms with van der Waals surface area (Å²) in [4.78, 5) is 2.52. The van der Waals surface area contributed by atoms with Crippen molar-refractivity contribution in [2.45, 2.75) is 44.6 Å². The van der Waals surface area contributed by atoms with Crippen LogP contribution in [0.1, 0.15) is 38.5 Å². The summed E-state index contributed by atoms with van der Waals surface area (Å²) in [5.74, 6) is 0.977. The third-order valence-electron chi connectivity index (χ3n) is 4.01. The highest BCUT2D eigenvalue weighted by molar-refractivity contribution is 5.59. The van der Waals surface area contributed by atoms with Crippen molar-refractivity contribution in [3.8, 4) is 5.75 Å². The first-order valence-corrected chi connectivity index (χ1v) is 7.46. The molecule has 0 bridgehead atoms. The molecule has 1 aromatic rings. The van der Waals surface area contributed by atoms with Crippen molar-refractivity contribution >= 4 is 5.69 Å². The van der Waals surface area contributed by atoms with Crippen molar-refractivity contribution in [2.75, 3.05) is 25.1 Å². The Hall–Kier alpha value is -1.22. The molecule has 3 nitrogen and oxygen atoms in total. The normalized spacial score (nSPS) is 16.3. The number of hydrogen-bond donors (Lipinski definition) is 1. The van der Waals surface area contributed by atoms with Crippen LogP contribution in [-0.4, -0.2) is 26.2 Å². The highest BCUT2D eigenvalue weighted by atomic mass is 16.5. The maximum atomic E-state index is 5.70. The third-order valence-corrected chi connectivity index (χ3v) is 4.01. The minimum Gasteiger partial charge on any atom is -0.495 e. The van der Waals surface area contributed by atoms with Gasteiger partial charge in [-0.05, 0) is 37.9 Å². The fourth-order valence-electron chi connectivity index (χ4n) is 3.02. The maximum Gasteiger partial charge on any atom is 0.142 e. The summed E-state index contributed by atoms with van der Waals surface area (Å²) in [6.07, 6.45) is 7.70. The first-order chi connectivity index (χ1) is 9.36. The minimum atomic E-state index is 0.650. The van der Waals surface area contributed by atoms with E-state index in [1.165, 1.54) is 37.8 Å². The van der Waals surface area contributed by atoms with Crippen LogP contribution < -0.4 is 15.4 Å². The molecule has 0 atom stereocenters. The molecular formula is C16H26N2O. The minimum absolute atomic E-state index is 0.650. The molecule has 1 fully saturated rings. The van der Waals surface area contributed by atoms with Crippen LogP contribution in [0.4, 0.5) is 5.69 Å². The van der Waals surface area contributed by atoms with Gasteiger partial charge in [-0.3, -0.25) is 0 Å². The Kier molecular flexibility index (Phi) is 5.52. The number of para-hydroxylation sites is 2. The highest BCUT2D eigenvalue weighted by Crippen LogP contribution is 2.33. The second-order valence-corrected chi connectivity index (χ2v) is 5.30. The predicted molar refractivity (Wildman–Crippen MR) is 80.9 cm³/mol. The topological polar surface area (TPSA) is 38.5 Å². The quantitative estimate of drug-likeness (QED) is 0.855. The zero-order valence-corrected chi connectivity index (χ0v) is 12.0. The van der Waals surface area contributed by atoms with E-state index in [0.717, 1.165) is 25.3 Å². The van der Waals surface area contributed by atoms with E-state index in [1.54, 1.807) is 7.11 Å². The van der Waals surface area contributed by atoms with Crippen molar-refractivity contribution in [1.82, 2.24) is 0 Å². The van der Waals surface area contributed by atoms with Crippen molar-refractivity contribution in [2.24, 2.45) is 5.73 Å². The van der Waals surface area contributed by atoms with Gasteiger partial charge in [0, 0.05) is 12.6 Å². The van der Waals surface area contributed by atoms with Gasteiger partial charge in [-0.15, -0.1) is 0 Å². The SMILES string of the molecule is COc1ccccc1N(CCCN)C1CCCCC1. The zero-order chi connectivity index (χ0) is 13.5. The Bertz CT molecular complexity index is 375. The predicted octanol–water partition coefficient (Wildman–Crippen LogP) is 3.18. The van der Waals surface area contributed by atoms with Crippen molar-refractivity contribution in [1.29, 1.82) is 0 Å².